The summed E-state index contributed by atoms with van der Waals surface area (Å²) in [6.45, 7) is 9.28. The lowest BCUT2D eigenvalue weighted by atomic mass is 10.0. The second kappa shape index (κ2) is 10.9. The van der Waals surface area contributed by atoms with Gasteiger partial charge in [0.05, 0.1) is 12.5 Å². The molecule has 2 atom stereocenters. The first kappa shape index (κ1) is 26.2. The largest absolute Gasteiger partial charge is 0.481 e. The third-order valence-corrected chi connectivity index (χ3v) is 6.83. The van der Waals surface area contributed by atoms with Crippen LogP contribution in [0, 0.1) is 26.7 Å². The van der Waals surface area contributed by atoms with E-state index in [0.717, 1.165) is 16.0 Å². The van der Waals surface area contributed by atoms with Crippen molar-refractivity contribution >= 4 is 23.2 Å². The van der Waals surface area contributed by atoms with Crippen molar-refractivity contribution in [2.45, 2.75) is 59.5 Å². The lowest BCUT2D eigenvalue weighted by molar-refractivity contribution is -0.138. The number of hydrogen-bond donors (Lipinski definition) is 3. The predicted octanol–water partition coefficient (Wildman–Crippen LogP) is 4.11. The van der Waals surface area contributed by atoms with Gasteiger partial charge < -0.3 is 20.0 Å². The summed E-state index contributed by atoms with van der Waals surface area (Å²) in [7, 11) is 0. The highest BCUT2D eigenvalue weighted by atomic mass is 32.1. The molecule has 0 radical (unpaired) electrons. The smallest absolute Gasteiger partial charge is 0.305 e. The summed E-state index contributed by atoms with van der Waals surface area (Å²) in [5, 5.41) is 14.2. The second-order valence-electron chi connectivity index (χ2n) is 9.32. The molecule has 3 heterocycles. The SMILES string of the molecule is Cc1ccn([C@@H](CC(C)C)C(=O)N[C@@H](CC(=O)O)c2csc(-c3cc(C)c(=O)[nH]c3C)c2)c(=O)c1. The molecule has 0 fully saturated rings. The zero-order valence-corrected chi connectivity index (χ0v) is 21.4. The van der Waals surface area contributed by atoms with E-state index >= 15 is 0 Å². The zero-order chi connectivity index (χ0) is 25.9. The molecule has 0 bridgehead atoms. The minimum absolute atomic E-state index is 0.135. The minimum atomic E-state index is -1.05. The van der Waals surface area contributed by atoms with Gasteiger partial charge in [-0.25, -0.2) is 0 Å². The summed E-state index contributed by atoms with van der Waals surface area (Å²) in [6, 6.07) is 5.36. The Morgan fingerprint density at radius 3 is 2.49 bits per heavy atom. The quantitative estimate of drug-likeness (QED) is 0.411. The number of nitrogens with one attached hydrogen (secondary N) is 2. The number of H-pyrrole nitrogens is 1. The summed E-state index contributed by atoms with van der Waals surface area (Å²) in [5.74, 6) is -1.32. The first-order chi connectivity index (χ1) is 16.5. The molecule has 3 aromatic heterocycles. The van der Waals surface area contributed by atoms with E-state index in [1.165, 1.54) is 22.0 Å². The fraction of sp³-hybridized carbons (Fsp3) is 0.385. The van der Waals surface area contributed by atoms with Crippen molar-refractivity contribution in [1.82, 2.24) is 14.9 Å². The zero-order valence-electron chi connectivity index (χ0n) is 20.5. The van der Waals surface area contributed by atoms with Crippen LogP contribution in [0.25, 0.3) is 10.4 Å². The van der Waals surface area contributed by atoms with Crippen LogP contribution in [-0.2, 0) is 9.59 Å². The van der Waals surface area contributed by atoms with Crippen molar-refractivity contribution in [2.75, 3.05) is 0 Å². The maximum absolute atomic E-state index is 13.4. The normalized spacial score (nSPS) is 13.0. The Balaban J connectivity index is 1.94. The van der Waals surface area contributed by atoms with Gasteiger partial charge in [-0.15, -0.1) is 11.3 Å². The van der Waals surface area contributed by atoms with Crippen molar-refractivity contribution in [1.29, 1.82) is 0 Å². The van der Waals surface area contributed by atoms with Gasteiger partial charge in [-0.05, 0) is 67.8 Å². The molecule has 35 heavy (non-hydrogen) atoms. The molecule has 0 unspecified atom stereocenters. The Morgan fingerprint density at radius 1 is 1.14 bits per heavy atom. The van der Waals surface area contributed by atoms with Crippen molar-refractivity contribution in [2.24, 2.45) is 5.92 Å². The number of carboxylic acid groups (broad SMARTS) is 1. The van der Waals surface area contributed by atoms with E-state index in [1.807, 2.05) is 39.1 Å². The Morgan fingerprint density at radius 2 is 1.86 bits per heavy atom. The van der Waals surface area contributed by atoms with Crippen molar-refractivity contribution < 1.29 is 14.7 Å². The first-order valence-electron chi connectivity index (χ1n) is 11.5. The van der Waals surface area contributed by atoms with Crippen molar-refractivity contribution in [3.63, 3.8) is 0 Å². The van der Waals surface area contributed by atoms with Gasteiger partial charge >= 0.3 is 5.97 Å². The number of aromatic amines is 1. The highest BCUT2D eigenvalue weighted by Gasteiger charge is 2.27. The lowest BCUT2D eigenvalue weighted by Gasteiger charge is -2.24. The van der Waals surface area contributed by atoms with Gasteiger partial charge in [0.1, 0.15) is 6.04 Å². The number of hydrogen-bond acceptors (Lipinski definition) is 5. The number of nitrogens with zero attached hydrogens (tertiary/aromatic N) is 1. The fourth-order valence-electron chi connectivity index (χ4n) is 3.99. The molecule has 3 N–H and O–H groups in total. The van der Waals surface area contributed by atoms with E-state index in [-0.39, 0.29) is 23.5 Å². The molecule has 0 aliphatic rings. The van der Waals surface area contributed by atoms with E-state index in [2.05, 4.69) is 10.3 Å². The van der Waals surface area contributed by atoms with Crippen LogP contribution in [0.3, 0.4) is 0 Å². The average Bonchev–Trinajstić information content (AvgIpc) is 3.24. The van der Waals surface area contributed by atoms with Gasteiger partial charge in [0.25, 0.3) is 11.1 Å². The standard InChI is InChI=1S/C26H31N3O5S/c1-14(2)8-21(29-7-6-15(3)9-23(29)30)26(34)28-20(12-24(31)32)18-11-22(35-13-18)19-10-16(4)25(33)27-17(19)5/h6-7,9-11,13-14,20-21H,8,12H2,1-5H3,(H,27,33)(H,28,34)(H,31,32)/t20-,21-/m0/s1. The lowest BCUT2D eigenvalue weighted by Crippen LogP contribution is -2.40. The number of aromatic nitrogens is 2. The summed E-state index contributed by atoms with van der Waals surface area (Å²) in [6.07, 6.45) is 1.74. The molecule has 0 saturated heterocycles. The Bertz CT molecular complexity index is 1350. The number of carbonyl (C=O) groups excluding carboxylic acids is 1. The second-order valence-corrected chi connectivity index (χ2v) is 10.2. The molecular formula is C26H31N3O5S. The Kier molecular flexibility index (Phi) is 8.11. The molecule has 1 amide bonds. The van der Waals surface area contributed by atoms with E-state index in [9.17, 15) is 24.3 Å². The highest BCUT2D eigenvalue weighted by molar-refractivity contribution is 7.13. The fourth-order valence-corrected chi connectivity index (χ4v) is 5.03. The molecule has 3 aromatic rings. The van der Waals surface area contributed by atoms with Crippen LogP contribution in [0.5, 0.6) is 0 Å². The summed E-state index contributed by atoms with van der Waals surface area (Å²) in [4.78, 5) is 53.2. The summed E-state index contributed by atoms with van der Waals surface area (Å²) < 4.78 is 1.41. The number of pyridine rings is 2. The molecule has 3 rings (SSSR count). The van der Waals surface area contributed by atoms with Gasteiger partial charge in [0.15, 0.2) is 0 Å². The molecule has 0 saturated carbocycles. The van der Waals surface area contributed by atoms with E-state index < -0.39 is 24.0 Å². The van der Waals surface area contributed by atoms with Crippen LogP contribution in [0.2, 0.25) is 0 Å². The molecule has 0 spiro atoms. The van der Waals surface area contributed by atoms with Gasteiger partial charge in [-0.1, -0.05) is 13.8 Å². The molecule has 0 aliphatic carbocycles. The molecule has 186 valence electrons. The third-order valence-electron chi connectivity index (χ3n) is 5.84. The molecule has 8 nitrogen and oxygen atoms in total. The topological polar surface area (TPSA) is 121 Å². The Hall–Kier alpha value is -3.46. The molecule has 9 heteroatoms. The Labute approximate surface area is 207 Å². The average molecular weight is 498 g/mol. The number of thiophene rings is 1. The first-order valence-corrected chi connectivity index (χ1v) is 12.3. The monoisotopic (exact) mass is 497 g/mol. The highest BCUT2D eigenvalue weighted by Crippen LogP contribution is 2.33. The summed E-state index contributed by atoms with van der Waals surface area (Å²) >= 11 is 1.41. The van der Waals surface area contributed by atoms with Crippen LogP contribution in [0.4, 0.5) is 0 Å². The number of carbonyl (C=O) groups is 2. The predicted molar refractivity (Wildman–Crippen MR) is 137 cm³/mol. The van der Waals surface area contributed by atoms with Gasteiger partial charge in [-0.3, -0.25) is 19.2 Å². The molecule has 0 aromatic carbocycles. The number of amides is 1. The van der Waals surface area contributed by atoms with E-state index in [4.69, 9.17) is 0 Å². The van der Waals surface area contributed by atoms with Crippen LogP contribution < -0.4 is 16.4 Å². The maximum Gasteiger partial charge on any atom is 0.305 e. The van der Waals surface area contributed by atoms with Gasteiger partial charge in [-0.2, -0.15) is 0 Å². The number of rotatable bonds is 9. The van der Waals surface area contributed by atoms with Crippen LogP contribution in [0.1, 0.15) is 61.2 Å². The number of aliphatic carboxylic acids is 1. The van der Waals surface area contributed by atoms with Crippen molar-refractivity contribution in [3.8, 4) is 10.4 Å². The summed E-state index contributed by atoms with van der Waals surface area (Å²) in [5.41, 5.74) is 3.17. The molecule has 0 aliphatic heterocycles. The number of aryl methyl sites for hydroxylation is 3. The van der Waals surface area contributed by atoms with Crippen LogP contribution >= 0.6 is 11.3 Å². The molecular weight excluding hydrogens is 466 g/mol. The third kappa shape index (κ3) is 6.36. The van der Waals surface area contributed by atoms with E-state index in [0.29, 0.717) is 23.2 Å². The maximum atomic E-state index is 13.4. The minimum Gasteiger partial charge on any atom is -0.481 e. The van der Waals surface area contributed by atoms with Crippen LogP contribution in [0.15, 0.2) is 45.4 Å². The van der Waals surface area contributed by atoms with Gasteiger partial charge in [0, 0.05) is 34.0 Å². The van der Waals surface area contributed by atoms with Gasteiger partial charge in [0.2, 0.25) is 5.91 Å². The van der Waals surface area contributed by atoms with Crippen LogP contribution in [-0.4, -0.2) is 26.5 Å². The van der Waals surface area contributed by atoms with E-state index in [1.54, 1.807) is 25.3 Å². The number of carboxylic acids is 1. The van der Waals surface area contributed by atoms with Crippen molar-refractivity contribution in [3.05, 3.63) is 78.9 Å².